The summed E-state index contributed by atoms with van der Waals surface area (Å²) in [5.74, 6) is -2.07. The molecule has 0 aliphatic carbocycles. The molecule has 2 aromatic heterocycles. The van der Waals surface area contributed by atoms with Crippen LogP contribution in [-0.4, -0.2) is 26.0 Å². The summed E-state index contributed by atoms with van der Waals surface area (Å²) < 4.78 is 40.3. The summed E-state index contributed by atoms with van der Waals surface area (Å²) in [6.45, 7) is 3.09. The van der Waals surface area contributed by atoms with Crippen LogP contribution in [0.4, 0.5) is 19.0 Å². The van der Waals surface area contributed by atoms with Gasteiger partial charge in [0.05, 0.1) is 17.0 Å². The van der Waals surface area contributed by atoms with Crippen LogP contribution >= 0.6 is 0 Å². The van der Waals surface area contributed by atoms with Gasteiger partial charge in [0.1, 0.15) is 28.7 Å². The third-order valence-corrected chi connectivity index (χ3v) is 4.17. The molecule has 1 aromatic carbocycles. The molecule has 0 radical (unpaired) electrons. The molecule has 0 saturated heterocycles. The Balaban J connectivity index is 2.09. The van der Waals surface area contributed by atoms with Crippen LogP contribution in [0.1, 0.15) is 46.7 Å². The maximum atomic E-state index is 14.4. The number of fused-ring (bicyclic) bond motifs is 1. The second-order valence-electron chi connectivity index (χ2n) is 6.12. The highest BCUT2D eigenvalue weighted by atomic mass is 19.3. The Kier molecular flexibility index (Phi) is 5.04. The second-order valence-corrected chi connectivity index (χ2v) is 6.12. The highest BCUT2D eigenvalue weighted by Gasteiger charge is 2.21. The van der Waals surface area contributed by atoms with E-state index in [1.807, 2.05) is 0 Å². The molecule has 10 heteroatoms. The number of nitrogens with one attached hydrogen (secondary N) is 2. The number of nitrogens with zero attached hydrogens (tertiary/aromatic N) is 2. The average molecular weight is 392 g/mol. The minimum atomic E-state index is -2.96. The van der Waals surface area contributed by atoms with Crippen molar-refractivity contribution >= 4 is 22.8 Å². The highest BCUT2D eigenvalue weighted by Crippen LogP contribution is 2.30. The van der Waals surface area contributed by atoms with E-state index in [4.69, 9.17) is 5.11 Å². The van der Waals surface area contributed by atoms with Crippen molar-refractivity contribution in [2.75, 3.05) is 5.32 Å². The first kappa shape index (κ1) is 19.3. The van der Waals surface area contributed by atoms with Gasteiger partial charge in [0.15, 0.2) is 0 Å². The number of aryl methyl sites for hydroxylation is 1. The molecule has 0 aliphatic rings. The van der Waals surface area contributed by atoms with E-state index < -0.39 is 40.9 Å². The van der Waals surface area contributed by atoms with Crippen LogP contribution < -0.4 is 10.9 Å². The number of aromatic nitrogens is 3. The predicted molar refractivity (Wildman–Crippen MR) is 95.2 cm³/mol. The molecule has 2 heterocycles. The fourth-order valence-electron chi connectivity index (χ4n) is 2.82. The second kappa shape index (κ2) is 7.29. The lowest BCUT2D eigenvalue weighted by Gasteiger charge is -2.18. The maximum absolute atomic E-state index is 14.4. The van der Waals surface area contributed by atoms with Crippen molar-refractivity contribution in [2.45, 2.75) is 26.3 Å². The van der Waals surface area contributed by atoms with E-state index in [0.29, 0.717) is 0 Å². The Hall–Kier alpha value is -3.43. The number of hydrogen-bond acceptors (Lipinski definition) is 5. The Morgan fingerprint density at radius 3 is 2.57 bits per heavy atom. The smallest absolute Gasteiger partial charge is 0.341 e. The number of aromatic carboxylic acids is 1. The van der Waals surface area contributed by atoms with Gasteiger partial charge in [-0.3, -0.25) is 4.79 Å². The number of rotatable bonds is 5. The van der Waals surface area contributed by atoms with Crippen LogP contribution in [-0.2, 0) is 0 Å². The molecule has 0 fully saturated rings. The van der Waals surface area contributed by atoms with Gasteiger partial charge in [0.25, 0.3) is 12.0 Å². The third kappa shape index (κ3) is 3.53. The van der Waals surface area contributed by atoms with Gasteiger partial charge < -0.3 is 15.4 Å². The molecule has 0 aliphatic heterocycles. The van der Waals surface area contributed by atoms with Gasteiger partial charge in [0, 0.05) is 5.56 Å². The number of carboxylic acid groups (broad SMARTS) is 1. The quantitative estimate of drug-likeness (QED) is 0.613. The summed E-state index contributed by atoms with van der Waals surface area (Å²) in [7, 11) is 0. The standard InChI is InChI=1S/C18H15F3N4O3/c1-7(9-4-3-5-10(13(9)19)14(20)21)22-15-11-6-12(18(27)28)17(26)25-16(11)24-8(2)23-15/h3-7,14H,1-2H3,(H,27,28)(H2,22,23,24,25,26). The molecule has 3 N–H and O–H groups in total. The van der Waals surface area contributed by atoms with Crippen LogP contribution in [0.2, 0.25) is 0 Å². The summed E-state index contributed by atoms with van der Waals surface area (Å²) in [5.41, 5.74) is -1.97. The number of carbonyl (C=O) groups is 1. The number of halogens is 3. The molecule has 3 aromatic rings. The summed E-state index contributed by atoms with van der Waals surface area (Å²) in [6.07, 6.45) is -2.96. The number of carboxylic acids is 1. The van der Waals surface area contributed by atoms with E-state index in [1.54, 1.807) is 13.8 Å². The maximum Gasteiger partial charge on any atom is 0.341 e. The van der Waals surface area contributed by atoms with Crippen LogP contribution in [0.5, 0.6) is 0 Å². The molecule has 7 nitrogen and oxygen atoms in total. The zero-order valence-corrected chi connectivity index (χ0v) is 14.8. The number of aromatic amines is 1. The van der Waals surface area contributed by atoms with Gasteiger partial charge in [-0.15, -0.1) is 0 Å². The number of H-pyrrole nitrogens is 1. The average Bonchev–Trinajstić information content (AvgIpc) is 2.60. The molecule has 1 unspecified atom stereocenters. The van der Waals surface area contributed by atoms with Gasteiger partial charge in [-0.2, -0.15) is 0 Å². The van der Waals surface area contributed by atoms with Gasteiger partial charge in [-0.05, 0) is 19.9 Å². The monoisotopic (exact) mass is 392 g/mol. The minimum absolute atomic E-state index is 0.00917. The lowest BCUT2D eigenvalue weighted by molar-refractivity contribution is 0.0695. The van der Waals surface area contributed by atoms with E-state index in [1.165, 1.54) is 12.1 Å². The molecule has 0 saturated carbocycles. The zero-order chi connectivity index (χ0) is 20.6. The van der Waals surface area contributed by atoms with Crippen molar-refractivity contribution in [2.24, 2.45) is 0 Å². The van der Waals surface area contributed by atoms with Gasteiger partial charge in [-0.1, -0.05) is 18.2 Å². The van der Waals surface area contributed by atoms with Crippen molar-refractivity contribution < 1.29 is 23.1 Å². The minimum Gasteiger partial charge on any atom is -0.477 e. The first-order valence-corrected chi connectivity index (χ1v) is 8.17. The van der Waals surface area contributed by atoms with Crippen molar-refractivity contribution in [1.82, 2.24) is 15.0 Å². The van der Waals surface area contributed by atoms with Crippen LogP contribution in [0.15, 0.2) is 29.1 Å². The predicted octanol–water partition coefficient (Wildman–Crippen LogP) is 3.57. The summed E-state index contributed by atoms with van der Waals surface area (Å²) in [6, 6.07) is 4.01. The fourth-order valence-corrected chi connectivity index (χ4v) is 2.82. The van der Waals surface area contributed by atoms with Gasteiger partial charge in [0.2, 0.25) is 0 Å². The van der Waals surface area contributed by atoms with Crippen molar-refractivity contribution in [1.29, 1.82) is 0 Å². The Morgan fingerprint density at radius 1 is 1.25 bits per heavy atom. The molecule has 146 valence electrons. The summed E-state index contributed by atoms with van der Waals surface area (Å²) in [5, 5.41) is 12.2. The van der Waals surface area contributed by atoms with Crippen LogP contribution in [0.25, 0.3) is 11.0 Å². The van der Waals surface area contributed by atoms with Gasteiger partial charge >= 0.3 is 5.97 Å². The van der Waals surface area contributed by atoms with Crippen molar-refractivity contribution in [3.63, 3.8) is 0 Å². The molecular weight excluding hydrogens is 377 g/mol. The summed E-state index contributed by atoms with van der Waals surface area (Å²) >= 11 is 0. The highest BCUT2D eigenvalue weighted by molar-refractivity contribution is 5.95. The lowest BCUT2D eigenvalue weighted by atomic mass is 10.0. The van der Waals surface area contributed by atoms with Gasteiger partial charge in [-0.25, -0.2) is 27.9 Å². The molecule has 0 bridgehead atoms. The molecule has 1 atom stereocenters. The Labute approximate surface area is 156 Å². The van der Waals surface area contributed by atoms with Crippen molar-refractivity contribution in [3.8, 4) is 0 Å². The first-order valence-electron chi connectivity index (χ1n) is 8.17. The number of anilines is 1. The largest absolute Gasteiger partial charge is 0.477 e. The molecular formula is C18H15F3N4O3. The molecule has 0 spiro atoms. The topological polar surface area (TPSA) is 108 Å². The van der Waals surface area contributed by atoms with E-state index in [9.17, 15) is 22.8 Å². The molecule has 0 amide bonds. The van der Waals surface area contributed by atoms with Crippen molar-refractivity contribution in [3.05, 3.63) is 63.0 Å². The summed E-state index contributed by atoms with van der Waals surface area (Å²) in [4.78, 5) is 33.7. The lowest BCUT2D eigenvalue weighted by Crippen LogP contribution is -2.19. The zero-order valence-electron chi connectivity index (χ0n) is 14.8. The molecule has 28 heavy (non-hydrogen) atoms. The molecule has 3 rings (SSSR count). The normalized spacial score (nSPS) is 12.4. The SMILES string of the molecule is Cc1nc(NC(C)c2cccc(C(F)F)c2F)c2cc(C(=O)O)c(=O)[nH]c2n1. The van der Waals surface area contributed by atoms with E-state index in [-0.39, 0.29) is 28.2 Å². The number of pyridine rings is 1. The van der Waals surface area contributed by atoms with E-state index in [2.05, 4.69) is 20.3 Å². The fraction of sp³-hybridized carbons (Fsp3) is 0.222. The van der Waals surface area contributed by atoms with Crippen LogP contribution in [0, 0.1) is 12.7 Å². The number of benzene rings is 1. The van der Waals surface area contributed by atoms with E-state index >= 15 is 0 Å². The number of hydrogen-bond donors (Lipinski definition) is 3. The third-order valence-electron chi connectivity index (χ3n) is 4.17. The Bertz CT molecular complexity index is 1130. The number of alkyl halides is 2. The Morgan fingerprint density at radius 2 is 1.93 bits per heavy atom. The van der Waals surface area contributed by atoms with Crippen LogP contribution in [0.3, 0.4) is 0 Å². The van der Waals surface area contributed by atoms with E-state index in [0.717, 1.165) is 12.1 Å². The first-order chi connectivity index (χ1) is 13.2.